The van der Waals surface area contributed by atoms with E-state index in [4.69, 9.17) is 23.2 Å². The third-order valence-corrected chi connectivity index (χ3v) is 4.85. The molecule has 0 aliphatic rings. The van der Waals surface area contributed by atoms with Crippen LogP contribution in [0.3, 0.4) is 0 Å². The van der Waals surface area contributed by atoms with Gasteiger partial charge in [-0.1, -0.05) is 47.5 Å². The molecule has 0 fully saturated rings. The molecule has 4 rings (SSSR count). The van der Waals surface area contributed by atoms with E-state index in [0.717, 1.165) is 11.1 Å². The zero-order chi connectivity index (χ0) is 25.6. The minimum Gasteiger partial charge on any atom is -0.267 e. The Bertz CT molecular complexity index is 1210. The maximum atomic E-state index is 11.6. The Morgan fingerprint density at radius 3 is 1.36 bits per heavy atom. The molecule has 0 aliphatic heterocycles. The van der Waals surface area contributed by atoms with Crippen molar-refractivity contribution in [2.24, 2.45) is 10.2 Å². The number of hydrazone groups is 2. The van der Waals surface area contributed by atoms with Crippen LogP contribution in [0.25, 0.3) is 0 Å². The van der Waals surface area contributed by atoms with E-state index < -0.39 is 0 Å². The van der Waals surface area contributed by atoms with E-state index in [0.29, 0.717) is 21.2 Å². The molecule has 0 saturated heterocycles. The van der Waals surface area contributed by atoms with Crippen LogP contribution < -0.4 is 10.9 Å². The lowest BCUT2D eigenvalue weighted by Gasteiger charge is -1.98. The van der Waals surface area contributed by atoms with Gasteiger partial charge in [0.15, 0.2) is 0 Å². The van der Waals surface area contributed by atoms with Crippen molar-refractivity contribution < 1.29 is 9.59 Å². The summed E-state index contributed by atoms with van der Waals surface area (Å²) < 4.78 is 0. The quantitative estimate of drug-likeness (QED) is 0.276. The van der Waals surface area contributed by atoms with Crippen LogP contribution >= 0.6 is 23.2 Å². The summed E-state index contributed by atoms with van der Waals surface area (Å²) in [6.45, 7) is 0. The van der Waals surface area contributed by atoms with Crippen molar-refractivity contribution in [1.82, 2.24) is 20.8 Å². The molecule has 0 atom stereocenters. The normalized spacial score (nSPS) is 10.5. The molecule has 180 valence electrons. The van der Waals surface area contributed by atoms with Gasteiger partial charge in [0.2, 0.25) is 0 Å². The minimum atomic E-state index is -0.298. The average Bonchev–Trinajstić information content (AvgIpc) is 2.92. The van der Waals surface area contributed by atoms with Crippen molar-refractivity contribution in [3.63, 3.8) is 0 Å². The molecular weight excluding hydrogens is 499 g/mol. The Kier molecular flexibility index (Phi) is 10.3. The van der Waals surface area contributed by atoms with Gasteiger partial charge in [0.1, 0.15) is 0 Å². The van der Waals surface area contributed by atoms with E-state index in [9.17, 15) is 9.59 Å². The number of nitrogens with one attached hydrogen (secondary N) is 2. The number of halogens is 2. The number of hydrogen-bond acceptors (Lipinski definition) is 6. The fraction of sp³-hybridized carbons (Fsp3) is 0. The van der Waals surface area contributed by atoms with Crippen molar-refractivity contribution >= 4 is 47.4 Å². The van der Waals surface area contributed by atoms with E-state index >= 15 is 0 Å². The number of hydrogen-bond donors (Lipinski definition) is 2. The lowest BCUT2D eigenvalue weighted by atomic mass is 10.2. The summed E-state index contributed by atoms with van der Waals surface area (Å²) in [6, 6.07) is 21.0. The van der Waals surface area contributed by atoms with Crippen LogP contribution in [0.4, 0.5) is 0 Å². The molecule has 2 aromatic heterocycles. The summed E-state index contributed by atoms with van der Waals surface area (Å²) in [7, 11) is 0. The number of rotatable bonds is 6. The molecule has 10 heteroatoms. The molecule has 0 spiro atoms. The third-order valence-electron chi connectivity index (χ3n) is 4.35. The summed E-state index contributed by atoms with van der Waals surface area (Å²) in [5.41, 5.74) is 7.47. The number of benzene rings is 2. The van der Waals surface area contributed by atoms with Gasteiger partial charge in [0, 0.05) is 34.8 Å². The molecule has 0 unspecified atom stereocenters. The zero-order valence-electron chi connectivity index (χ0n) is 18.8. The fourth-order valence-electron chi connectivity index (χ4n) is 2.55. The van der Waals surface area contributed by atoms with Gasteiger partial charge in [-0.15, -0.1) is 0 Å². The second-order valence-corrected chi connectivity index (χ2v) is 7.86. The third kappa shape index (κ3) is 9.09. The molecular formula is C26H20Cl2N6O2. The predicted molar refractivity (Wildman–Crippen MR) is 141 cm³/mol. The first-order valence-electron chi connectivity index (χ1n) is 10.5. The largest absolute Gasteiger partial charge is 0.272 e. The van der Waals surface area contributed by atoms with Crippen LogP contribution in [0.5, 0.6) is 0 Å². The molecule has 0 aliphatic carbocycles. The van der Waals surface area contributed by atoms with Crippen LogP contribution in [0.1, 0.15) is 31.8 Å². The van der Waals surface area contributed by atoms with Crippen molar-refractivity contribution in [3.05, 3.63) is 130 Å². The minimum absolute atomic E-state index is 0.298. The Morgan fingerprint density at radius 1 is 0.639 bits per heavy atom. The van der Waals surface area contributed by atoms with Gasteiger partial charge in [-0.25, -0.2) is 10.9 Å². The van der Waals surface area contributed by atoms with Gasteiger partial charge in [0.25, 0.3) is 11.8 Å². The summed E-state index contributed by atoms with van der Waals surface area (Å²) in [5.74, 6) is -0.596. The Hall–Kier alpha value is -4.40. The first-order valence-corrected chi connectivity index (χ1v) is 11.2. The first-order chi connectivity index (χ1) is 17.5. The van der Waals surface area contributed by atoms with Crippen LogP contribution in [0, 0.1) is 0 Å². The SMILES string of the molecule is O=C(N/N=C/c1ccc(Cl)cc1)c1cccnc1.O=C(N/N=C/c1ccc(Cl)cc1)c1cccnc1. The van der Waals surface area contributed by atoms with Crippen LogP contribution in [0.15, 0.2) is 108 Å². The summed E-state index contributed by atoms with van der Waals surface area (Å²) in [5, 5.41) is 9.02. The molecule has 2 heterocycles. The average molecular weight is 519 g/mol. The number of nitrogens with zero attached hydrogens (tertiary/aromatic N) is 4. The van der Waals surface area contributed by atoms with Crippen LogP contribution in [0.2, 0.25) is 10.0 Å². The highest BCUT2D eigenvalue weighted by molar-refractivity contribution is 6.30. The number of pyridine rings is 2. The van der Waals surface area contributed by atoms with Crippen LogP contribution in [-0.4, -0.2) is 34.2 Å². The van der Waals surface area contributed by atoms with Gasteiger partial charge in [-0.2, -0.15) is 10.2 Å². The highest BCUT2D eigenvalue weighted by Crippen LogP contribution is 2.08. The van der Waals surface area contributed by atoms with Crippen LogP contribution in [-0.2, 0) is 0 Å². The van der Waals surface area contributed by atoms with E-state index in [2.05, 4.69) is 31.0 Å². The lowest BCUT2D eigenvalue weighted by molar-refractivity contribution is 0.0946. The van der Waals surface area contributed by atoms with Gasteiger partial charge in [0.05, 0.1) is 23.6 Å². The van der Waals surface area contributed by atoms with Crippen molar-refractivity contribution in [2.45, 2.75) is 0 Å². The molecule has 0 saturated carbocycles. The number of amides is 2. The van der Waals surface area contributed by atoms with Crippen molar-refractivity contribution in [1.29, 1.82) is 0 Å². The van der Waals surface area contributed by atoms with Crippen molar-refractivity contribution in [3.8, 4) is 0 Å². The maximum Gasteiger partial charge on any atom is 0.272 e. The molecule has 36 heavy (non-hydrogen) atoms. The summed E-state index contributed by atoms with van der Waals surface area (Å²) >= 11 is 11.5. The molecule has 2 N–H and O–H groups in total. The predicted octanol–water partition coefficient (Wildman–Crippen LogP) is 5.00. The maximum absolute atomic E-state index is 11.6. The van der Waals surface area contributed by atoms with Gasteiger partial charge < -0.3 is 0 Å². The summed E-state index contributed by atoms with van der Waals surface area (Å²) in [6.07, 6.45) is 9.26. The Morgan fingerprint density at radius 2 is 1.03 bits per heavy atom. The molecule has 4 aromatic rings. The van der Waals surface area contributed by atoms with E-state index in [1.807, 2.05) is 24.3 Å². The number of carbonyl (C=O) groups is 2. The molecule has 2 aromatic carbocycles. The topological polar surface area (TPSA) is 109 Å². The van der Waals surface area contributed by atoms with Gasteiger partial charge >= 0.3 is 0 Å². The highest BCUT2D eigenvalue weighted by atomic mass is 35.5. The standard InChI is InChI=1S/2C13H10ClN3O/c2*14-12-5-3-10(4-6-12)8-16-17-13(18)11-2-1-7-15-9-11/h2*1-9H,(H,17,18)/b2*16-8+. The smallest absolute Gasteiger partial charge is 0.267 e. The van der Waals surface area contributed by atoms with Gasteiger partial charge in [-0.05, 0) is 59.7 Å². The van der Waals surface area contributed by atoms with Crippen molar-refractivity contribution in [2.75, 3.05) is 0 Å². The van der Waals surface area contributed by atoms with E-state index in [1.54, 1.807) is 73.4 Å². The highest BCUT2D eigenvalue weighted by Gasteiger charge is 2.03. The molecule has 2 amide bonds. The molecule has 8 nitrogen and oxygen atoms in total. The number of aromatic nitrogens is 2. The fourth-order valence-corrected chi connectivity index (χ4v) is 2.80. The lowest BCUT2D eigenvalue weighted by Crippen LogP contribution is -2.17. The number of carbonyl (C=O) groups excluding carboxylic acids is 2. The molecule has 0 bridgehead atoms. The summed E-state index contributed by atoms with van der Waals surface area (Å²) in [4.78, 5) is 30.9. The Labute approximate surface area is 217 Å². The van der Waals surface area contributed by atoms with E-state index in [-0.39, 0.29) is 11.8 Å². The Balaban J connectivity index is 0.000000201. The second kappa shape index (κ2) is 14.1. The second-order valence-electron chi connectivity index (χ2n) is 6.98. The van der Waals surface area contributed by atoms with Gasteiger partial charge in [-0.3, -0.25) is 19.6 Å². The molecule has 0 radical (unpaired) electrons. The first kappa shape index (κ1) is 26.2. The zero-order valence-corrected chi connectivity index (χ0v) is 20.3. The van der Waals surface area contributed by atoms with E-state index in [1.165, 1.54) is 12.4 Å². The monoisotopic (exact) mass is 518 g/mol.